The van der Waals surface area contributed by atoms with Crippen LogP contribution in [0.3, 0.4) is 0 Å². The maximum Gasteiger partial charge on any atom is 0.307 e. The Morgan fingerprint density at radius 1 is 1.47 bits per heavy atom. The molecule has 0 amide bonds. The zero-order valence-corrected chi connectivity index (χ0v) is 9.95. The van der Waals surface area contributed by atoms with Crippen LogP contribution in [0.2, 0.25) is 0 Å². The van der Waals surface area contributed by atoms with Crippen molar-refractivity contribution in [1.29, 1.82) is 5.26 Å². The second-order valence-electron chi connectivity index (χ2n) is 3.96. The van der Waals surface area contributed by atoms with Crippen LogP contribution < -0.4 is 0 Å². The van der Waals surface area contributed by atoms with Crippen molar-refractivity contribution in [3.63, 3.8) is 0 Å². The highest BCUT2D eigenvalue weighted by atomic mass is 16.5. The van der Waals surface area contributed by atoms with Crippen LogP contribution in [0.5, 0.6) is 0 Å². The van der Waals surface area contributed by atoms with Crippen molar-refractivity contribution in [1.82, 2.24) is 0 Å². The van der Waals surface area contributed by atoms with Crippen LogP contribution in [0.1, 0.15) is 46.5 Å². The number of ether oxygens (including phenoxy) is 1. The number of carbonyl (C=O) groups excluding carboxylic acids is 1. The number of nitrogens with zero attached hydrogens (tertiary/aromatic N) is 1. The predicted octanol–water partition coefficient (Wildman–Crippen LogP) is 2.91. The van der Waals surface area contributed by atoms with Gasteiger partial charge in [-0.2, -0.15) is 5.26 Å². The number of hydrogen-bond acceptors (Lipinski definition) is 3. The van der Waals surface area contributed by atoms with Gasteiger partial charge in [0.2, 0.25) is 0 Å². The SMILES string of the molecule is CCCC(C)CC(C#N)CC(=O)OCC. The average Bonchev–Trinajstić information content (AvgIpc) is 2.17. The normalized spacial score (nSPS) is 14.0. The Labute approximate surface area is 92.4 Å². The molecule has 15 heavy (non-hydrogen) atoms. The second-order valence-corrected chi connectivity index (χ2v) is 3.96. The lowest BCUT2D eigenvalue weighted by molar-refractivity contribution is -0.143. The van der Waals surface area contributed by atoms with Crippen LogP contribution in [0.15, 0.2) is 0 Å². The molecule has 0 N–H and O–H groups in total. The van der Waals surface area contributed by atoms with Crippen molar-refractivity contribution in [2.24, 2.45) is 11.8 Å². The topological polar surface area (TPSA) is 50.1 Å². The van der Waals surface area contributed by atoms with E-state index < -0.39 is 0 Å². The molecule has 0 aromatic carbocycles. The Morgan fingerprint density at radius 2 is 2.13 bits per heavy atom. The van der Waals surface area contributed by atoms with Gasteiger partial charge in [0.05, 0.1) is 25.0 Å². The molecule has 0 rings (SSSR count). The molecule has 0 aliphatic rings. The molecule has 0 bridgehead atoms. The first-order valence-electron chi connectivity index (χ1n) is 5.69. The van der Waals surface area contributed by atoms with Crippen molar-refractivity contribution in [3.8, 4) is 6.07 Å². The van der Waals surface area contributed by atoms with E-state index in [1.165, 1.54) is 0 Å². The lowest BCUT2D eigenvalue weighted by Crippen LogP contribution is -2.13. The third-order valence-electron chi connectivity index (χ3n) is 2.37. The Balaban J connectivity index is 3.93. The monoisotopic (exact) mass is 211 g/mol. The van der Waals surface area contributed by atoms with Crippen molar-refractivity contribution >= 4 is 5.97 Å². The van der Waals surface area contributed by atoms with Gasteiger partial charge in [0.25, 0.3) is 0 Å². The molecule has 0 radical (unpaired) electrons. The van der Waals surface area contributed by atoms with Gasteiger partial charge in [-0.25, -0.2) is 0 Å². The van der Waals surface area contributed by atoms with Gasteiger partial charge < -0.3 is 4.74 Å². The van der Waals surface area contributed by atoms with Crippen molar-refractivity contribution in [2.75, 3.05) is 6.61 Å². The molecule has 0 saturated carbocycles. The maximum absolute atomic E-state index is 11.2. The van der Waals surface area contributed by atoms with E-state index in [1.807, 2.05) is 0 Å². The number of nitriles is 1. The molecule has 0 saturated heterocycles. The predicted molar refractivity (Wildman–Crippen MR) is 59.0 cm³/mol. The van der Waals surface area contributed by atoms with E-state index in [4.69, 9.17) is 10.00 Å². The van der Waals surface area contributed by atoms with E-state index >= 15 is 0 Å². The Bertz CT molecular complexity index is 220. The van der Waals surface area contributed by atoms with E-state index in [0.717, 1.165) is 19.3 Å². The zero-order chi connectivity index (χ0) is 11.7. The molecule has 0 fully saturated rings. The van der Waals surface area contributed by atoms with E-state index in [9.17, 15) is 4.79 Å². The van der Waals surface area contributed by atoms with Gasteiger partial charge in [-0.15, -0.1) is 0 Å². The standard InChI is InChI=1S/C12H21NO2/c1-4-6-10(3)7-11(9-13)8-12(14)15-5-2/h10-11H,4-8H2,1-3H3. The molecule has 0 aliphatic carbocycles. The van der Waals surface area contributed by atoms with Gasteiger partial charge in [-0.3, -0.25) is 4.79 Å². The molecule has 0 heterocycles. The fourth-order valence-electron chi connectivity index (χ4n) is 1.70. The summed E-state index contributed by atoms with van der Waals surface area (Å²) >= 11 is 0. The van der Waals surface area contributed by atoms with Gasteiger partial charge in [0.15, 0.2) is 0 Å². The highest BCUT2D eigenvalue weighted by molar-refractivity contribution is 5.70. The van der Waals surface area contributed by atoms with Crippen LogP contribution in [0.4, 0.5) is 0 Å². The van der Waals surface area contributed by atoms with Crippen molar-refractivity contribution in [2.45, 2.75) is 46.5 Å². The van der Waals surface area contributed by atoms with E-state index in [1.54, 1.807) is 6.92 Å². The third kappa shape index (κ3) is 6.96. The lowest BCUT2D eigenvalue weighted by atomic mass is 9.91. The number of hydrogen-bond donors (Lipinski definition) is 0. The van der Waals surface area contributed by atoms with E-state index in [0.29, 0.717) is 12.5 Å². The van der Waals surface area contributed by atoms with Crippen molar-refractivity contribution in [3.05, 3.63) is 0 Å². The quantitative estimate of drug-likeness (QED) is 0.608. The summed E-state index contributed by atoms with van der Waals surface area (Å²) in [7, 11) is 0. The van der Waals surface area contributed by atoms with Gasteiger partial charge in [0, 0.05) is 0 Å². The fraction of sp³-hybridized carbons (Fsp3) is 0.833. The highest BCUT2D eigenvalue weighted by Crippen LogP contribution is 2.19. The Morgan fingerprint density at radius 3 is 2.60 bits per heavy atom. The maximum atomic E-state index is 11.2. The molecular formula is C12H21NO2. The molecule has 2 unspecified atom stereocenters. The number of rotatable bonds is 7. The first-order chi connectivity index (χ1) is 7.13. The van der Waals surface area contributed by atoms with E-state index in [-0.39, 0.29) is 18.3 Å². The minimum Gasteiger partial charge on any atom is -0.466 e. The van der Waals surface area contributed by atoms with Gasteiger partial charge in [-0.05, 0) is 19.3 Å². The summed E-state index contributed by atoms with van der Waals surface area (Å²) in [5.74, 6) is 0.0624. The van der Waals surface area contributed by atoms with Crippen LogP contribution in [-0.4, -0.2) is 12.6 Å². The molecule has 0 aromatic heterocycles. The summed E-state index contributed by atoms with van der Waals surface area (Å²) in [6.45, 7) is 6.42. The minimum absolute atomic E-state index is 0.189. The largest absolute Gasteiger partial charge is 0.466 e. The fourth-order valence-corrected chi connectivity index (χ4v) is 1.70. The first-order valence-corrected chi connectivity index (χ1v) is 5.69. The average molecular weight is 211 g/mol. The van der Waals surface area contributed by atoms with Gasteiger partial charge in [-0.1, -0.05) is 26.7 Å². The van der Waals surface area contributed by atoms with Crippen LogP contribution in [-0.2, 0) is 9.53 Å². The van der Waals surface area contributed by atoms with Crippen LogP contribution in [0.25, 0.3) is 0 Å². The van der Waals surface area contributed by atoms with Gasteiger partial charge in [0.1, 0.15) is 0 Å². The number of esters is 1. The smallest absolute Gasteiger partial charge is 0.307 e. The summed E-state index contributed by atoms with van der Waals surface area (Å²) in [6, 6.07) is 2.18. The molecule has 0 aromatic rings. The van der Waals surface area contributed by atoms with Crippen LogP contribution in [0, 0.1) is 23.2 Å². The second kappa shape index (κ2) is 8.28. The van der Waals surface area contributed by atoms with Crippen LogP contribution >= 0.6 is 0 Å². The highest BCUT2D eigenvalue weighted by Gasteiger charge is 2.16. The molecule has 3 heteroatoms. The summed E-state index contributed by atoms with van der Waals surface area (Å²) in [5.41, 5.74) is 0. The Kier molecular flexibility index (Phi) is 7.71. The molecule has 0 aliphatic heterocycles. The molecule has 3 nitrogen and oxygen atoms in total. The molecular weight excluding hydrogens is 190 g/mol. The van der Waals surface area contributed by atoms with E-state index in [2.05, 4.69) is 19.9 Å². The zero-order valence-electron chi connectivity index (χ0n) is 9.95. The summed E-state index contributed by atoms with van der Waals surface area (Å²) < 4.78 is 4.83. The number of carbonyl (C=O) groups is 1. The minimum atomic E-state index is -0.257. The first kappa shape index (κ1) is 14.0. The lowest BCUT2D eigenvalue weighted by Gasteiger charge is -2.13. The summed E-state index contributed by atoms with van der Waals surface area (Å²) in [5, 5.41) is 8.90. The summed E-state index contributed by atoms with van der Waals surface area (Å²) in [4.78, 5) is 11.2. The molecule has 2 atom stereocenters. The molecule has 0 spiro atoms. The summed E-state index contributed by atoms with van der Waals surface area (Å²) in [6.07, 6.45) is 3.27. The van der Waals surface area contributed by atoms with Gasteiger partial charge >= 0.3 is 5.97 Å². The third-order valence-corrected chi connectivity index (χ3v) is 2.37. The van der Waals surface area contributed by atoms with Crippen molar-refractivity contribution < 1.29 is 9.53 Å². The molecule has 86 valence electrons. The Hall–Kier alpha value is -1.04.